The van der Waals surface area contributed by atoms with E-state index in [0.29, 0.717) is 19.6 Å². The highest BCUT2D eigenvalue weighted by molar-refractivity contribution is 5.97. The van der Waals surface area contributed by atoms with Crippen molar-refractivity contribution in [1.82, 2.24) is 15.5 Å². The minimum Gasteiger partial charge on any atom is -0.454 e. The molecule has 1 fully saturated rings. The number of urea groups is 1. The highest BCUT2D eigenvalue weighted by atomic mass is 16.7. The summed E-state index contributed by atoms with van der Waals surface area (Å²) in [6.45, 7) is 2.10. The highest BCUT2D eigenvalue weighted by Gasteiger charge is 2.41. The fraction of sp³-hybridized carbons (Fsp3) is 0.391. The van der Waals surface area contributed by atoms with Gasteiger partial charge in [0.15, 0.2) is 11.5 Å². The Morgan fingerprint density at radius 1 is 1.10 bits per heavy atom. The molecule has 0 saturated carbocycles. The van der Waals surface area contributed by atoms with Gasteiger partial charge in [0.25, 0.3) is 5.91 Å². The van der Waals surface area contributed by atoms with Crippen LogP contribution in [0.3, 0.4) is 0 Å². The lowest BCUT2D eigenvalue weighted by Gasteiger charge is -2.44. The van der Waals surface area contributed by atoms with Gasteiger partial charge in [-0.2, -0.15) is 0 Å². The van der Waals surface area contributed by atoms with E-state index in [1.807, 2.05) is 47.4 Å². The standard InChI is InChI=1S/C23H25N3O4/c27-21-18-4-2-1-3-17(18)14-23(25-21)8-11-26(12-9-23)22(28)24-10-7-16-5-6-19-20(13-16)30-15-29-19/h1-6,13H,7-12,14-15H2,(H,24,28)(H,25,27). The van der Waals surface area contributed by atoms with Crippen LogP contribution in [0.25, 0.3) is 0 Å². The summed E-state index contributed by atoms with van der Waals surface area (Å²) >= 11 is 0. The molecule has 3 aliphatic heterocycles. The predicted molar refractivity (Wildman–Crippen MR) is 111 cm³/mol. The van der Waals surface area contributed by atoms with Crippen molar-refractivity contribution in [3.8, 4) is 11.5 Å². The van der Waals surface area contributed by atoms with Crippen molar-refractivity contribution < 1.29 is 19.1 Å². The summed E-state index contributed by atoms with van der Waals surface area (Å²) in [6, 6.07) is 13.6. The smallest absolute Gasteiger partial charge is 0.317 e. The molecule has 0 atom stereocenters. The molecule has 3 amide bonds. The number of likely N-dealkylation sites (tertiary alicyclic amines) is 1. The first-order valence-electron chi connectivity index (χ1n) is 10.4. The van der Waals surface area contributed by atoms with Crippen molar-refractivity contribution in [2.24, 2.45) is 0 Å². The van der Waals surface area contributed by atoms with Crippen LogP contribution in [0.1, 0.15) is 34.3 Å². The first-order valence-corrected chi connectivity index (χ1v) is 10.4. The summed E-state index contributed by atoms with van der Waals surface area (Å²) in [7, 11) is 0. The van der Waals surface area contributed by atoms with E-state index in [1.165, 1.54) is 0 Å². The van der Waals surface area contributed by atoms with Crippen molar-refractivity contribution in [3.63, 3.8) is 0 Å². The monoisotopic (exact) mass is 407 g/mol. The molecular formula is C23H25N3O4. The maximum absolute atomic E-state index is 12.6. The SMILES string of the molecule is O=C1NC2(CCN(C(=O)NCCc3ccc4c(c3)OCO4)CC2)Cc2ccccc21. The summed E-state index contributed by atoms with van der Waals surface area (Å²) in [4.78, 5) is 26.9. The maximum Gasteiger partial charge on any atom is 0.317 e. The van der Waals surface area contributed by atoms with E-state index in [2.05, 4.69) is 10.6 Å². The molecule has 2 aromatic carbocycles. The number of nitrogens with one attached hydrogen (secondary N) is 2. The normalized spacial score (nSPS) is 18.7. The fourth-order valence-electron chi connectivity index (χ4n) is 4.57. The van der Waals surface area contributed by atoms with Crippen molar-refractivity contribution in [2.45, 2.75) is 31.2 Å². The molecule has 0 unspecified atom stereocenters. The number of rotatable bonds is 3. The first-order chi connectivity index (χ1) is 14.6. The molecule has 0 aromatic heterocycles. The minimum absolute atomic E-state index is 0.00141. The van der Waals surface area contributed by atoms with Crippen LogP contribution >= 0.6 is 0 Å². The molecule has 3 aliphatic rings. The van der Waals surface area contributed by atoms with Crippen LogP contribution < -0.4 is 20.1 Å². The average Bonchev–Trinajstić information content (AvgIpc) is 3.22. The summed E-state index contributed by atoms with van der Waals surface area (Å²) in [5.74, 6) is 1.53. The Hall–Kier alpha value is -3.22. The van der Waals surface area contributed by atoms with Crippen LogP contribution in [0, 0.1) is 0 Å². The van der Waals surface area contributed by atoms with Gasteiger partial charge in [-0.15, -0.1) is 0 Å². The third kappa shape index (κ3) is 3.56. The molecular weight excluding hydrogens is 382 g/mol. The fourth-order valence-corrected chi connectivity index (χ4v) is 4.57. The zero-order valence-corrected chi connectivity index (χ0v) is 16.8. The lowest BCUT2D eigenvalue weighted by Crippen LogP contribution is -2.60. The van der Waals surface area contributed by atoms with Gasteiger partial charge in [0.05, 0.1) is 0 Å². The molecule has 3 heterocycles. The molecule has 0 bridgehead atoms. The molecule has 0 aliphatic carbocycles. The van der Waals surface area contributed by atoms with Crippen molar-refractivity contribution >= 4 is 11.9 Å². The van der Waals surface area contributed by atoms with Crippen molar-refractivity contribution in [1.29, 1.82) is 0 Å². The predicted octanol–water partition coefficient (Wildman–Crippen LogP) is 2.49. The second-order valence-corrected chi connectivity index (χ2v) is 8.22. The van der Waals surface area contributed by atoms with E-state index < -0.39 is 0 Å². The van der Waals surface area contributed by atoms with E-state index in [4.69, 9.17) is 9.47 Å². The topological polar surface area (TPSA) is 79.9 Å². The second kappa shape index (κ2) is 7.55. The molecule has 2 N–H and O–H groups in total. The van der Waals surface area contributed by atoms with Crippen molar-refractivity contribution in [2.75, 3.05) is 26.4 Å². The van der Waals surface area contributed by atoms with Crippen LogP contribution in [0.5, 0.6) is 11.5 Å². The van der Waals surface area contributed by atoms with Crippen LogP contribution in [-0.4, -0.2) is 48.8 Å². The minimum atomic E-state index is -0.241. The Morgan fingerprint density at radius 3 is 2.77 bits per heavy atom. The van der Waals surface area contributed by atoms with Crippen LogP contribution in [0.4, 0.5) is 4.79 Å². The Balaban J connectivity index is 1.13. The number of hydrogen-bond donors (Lipinski definition) is 2. The largest absolute Gasteiger partial charge is 0.454 e. The van der Waals surface area contributed by atoms with Gasteiger partial charge in [-0.25, -0.2) is 4.79 Å². The quantitative estimate of drug-likeness (QED) is 0.819. The highest BCUT2D eigenvalue weighted by Crippen LogP contribution is 2.33. The number of piperidine rings is 1. The summed E-state index contributed by atoms with van der Waals surface area (Å²) in [5.41, 5.74) is 2.73. The molecule has 7 heteroatoms. The van der Waals surface area contributed by atoms with E-state index in [9.17, 15) is 9.59 Å². The molecule has 1 saturated heterocycles. The lowest BCUT2D eigenvalue weighted by molar-refractivity contribution is 0.0804. The van der Waals surface area contributed by atoms with Gasteiger partial charge < -0.3 is 25.0 Å². The van der Waals surface area contributed by atoms with Gasteiger partial charge in [-0.05, 0) is 55.0 Å². The third-order valence-electron chi connectivity index (χ3n) is 6.30. The number of ether oxygens (including phenoxy) is 2. The summed E-state index contributed by atoms with van der Waals surface area (Å²) in [6.07, 6.45) is 3.09. The molecule has 1 spiro atoms. The van der Waals surface area contributed by atoms with Crippen molar-refractivity contribution in [3.05, 3.63) is 59.2 Å². The van der Waals surface area contributed by atoms with Gasteiger partial charge in [-0.1, -0.05) is 24.3 Å². The number of fused-ring (bicyclic) bond motifs is 2. The molecule has 30 heavy (non-hydrogen) atoms. The van der Waals surface area contributed by atoms with Gasteiger partial charge >= 0.3 is 6.03 Å². The molecule has 2 aromatic rings. The van der Waals surface area contributed by atoms with Crippen LogP contribution in [0.2, 0.25) is 0 Å². The van der Waals surface area contributed by atoms with E-state index in [0.717, 1.165) is 53.9 Å². The van der Waals surface area contributed by atoms with Gasteiger partial charge in [0, 0.05) is 30.7 Å². The molecule has 0 radical (unpaired) electrons. The number of hydrogen-bond acceptors (Lipinski definition) is 4. The number of carbonyl (C=O) groups is 2. The molecule has 156 valence electrons. The number of amides is 3. The molecule has 7 nitrogen and oxygen atoms in total. The van der Waals surface area contributed by atoms with Gasteiger partial charge in [-0.3, -0.25) is 4.79 Å². The zero-order valence-electron chi connectivity index (χ0n) is 16.8. The third-order valence-corrected chi connectivity index (χ3v) is 6.30. The average molecular weight is 407 g/mol. The first kappa shape index (κ1) is 18.8. The van der Waals surface area contributed by atoms with Crippen LogP contribution in [-0.2, 0) is 12.8 Å². The van der Waals surface area contributed by atoms with E-state index in [-0.39, 0.29) is 24.3 Å². The Labute approximate surface area is 175 Å². The molecule has 5 rings (SSSR count). The Morgan fingerprint density at radius 2 is 1.90 bits per heavy atom. The lowest BCUT2D eigenvalue weighted by atomic mass is 9.78. The second-order valence-electron chi connectivity index (χ2n) is 8.22. The van der Waals surface area contributed by atoms with E-state index >= 15 is 0 Å². The Bertz CT molecular complexity index is 982. The summed E-state index contributed by atoms with van der Waals surface area (Å²) in [5, 5.41) is 6.23. The number of benzene rings is 2. The van der Waals surface area contributed by atoms with Crippen LogP contribution in [0.15, 0.2) is 42.5 Å². The number of nitrogens with zero attached hydrogens (tertiary/aromatic N) is 1. The Kier molecular flexibility index (Phi) is 4.73. The van der Waals surface area contributed by atoms with Gasteiger partial charge in [0.1, 0.15) is 0 Å². The number of carbonyl (C=O) groups excluding carboxylic acids is 2. The maximum atomic E-state index is 12.6. The zero-order chi connectivity index (χ0) is 20.6. The van der Waals surface area contributed by atoms with E-state index in [1.54, 1.807) is 0 Å². The summed E-state index contributed by atoms with van der Waals surface area (Å²) < 4.78 is 10.7. The van der Waals surface area contributed by atoms with Gasteiger partial charge in [0.2, 0.25) is 6.79 Å².